The Kier molecular flexibility index (Phi) is 4.57. The van der Waals surface area contributed by atoms with Gasteiger partial charge < -0.3 is 11.1 Å². The zero-order valence-electron chi connectivity index (χ0n) is 13.1. The molecule has 0 radical (unpaired) electrons. The maximum absolute atomic E-state index is 12.2. The standard InChI is InChI=1S/C20H18N2O2/c21-19(23)18(22-20(24)16-7-2-1-3-8-16)13-14-10-11-15-6-4-5-9-17(15)12-14/h1-12,18H,13H2,(H2,21,23)(H,22,24)/t18-/m0/s1. The topological polar surface area (TPSA) is 72.2 Å². The normalized spacial score (nSPS) is 11.8. The first-order valence-corrected chi connectivity index (χ1v) is 7.76. The molecule has 3 rings (SSSR count). The third-order valence-electron chi connectivity index (χ3n) is 3.94. The molecule has 0 fully saturated rings. The van der Waals surface area contributed by atoms with Crippen molar-refractivity contribution in [3.8, 4) is 0 Å². The third-order valence-corrected chi connectivity index (χ3v) is 3.94. The van der Waals surface area contributed by atoms with Gasteiger partial charge in [-0.2, -0.15) is 0 Å². The van der Waals surface area contributed by atoms with Gasteiger partial charge in [-0.05, 0) is 28.5 Å². The molecular formula is C20H18N2O2. The van der Waals surface area contributed by atoms with Crippen molar-refractivity contribution in [2.24, 2.45) is 5.73 Å². The number of carbonyl (C=O) groups is 2. The molecular weight excluding hydrogens is 300 g/mol. The number of benzene rings is 3. The van der Waals surface area contributed by atoms with Crippen molar-refractivity contribution in [2.45, 2.75) is 12.5 Å². The van der Waals surface area contributed by atoms with Crippen molar-refractivity contribution < 1.29 is 9.59 Å². The zero-order valence-corrected chi connectivity index (χ0v) is 13.1. The summed E-state index contributed by atoms with van der Waals surface area (Å²) in [6.07, 6.45) is 0.360. The molecule has 0 aliphatic carbocycles. The summed E-state index contributed by atoms with van der Waals surface area (Å²) in [6.45, 7) is 0. The minimum Gasteiger partial charge on any atom is -0.368 e. The Balaban J connectivity index is 1.78. The van der Waals surface area contributed by atoms with Crippen LogP contribution in [0.15, 0.2) is 72.8 Å². The Morgan fingerprint density at radius 2 is 1.54 bits per heavy atom. The van der Waals surface area contributed by atoms with Crippen LogP contribution in [0.2, 0.25) is 0 Å². The lowest BCUT2D eigenvalue weighted by atomic mass is 10.0. The number of primary amides is 1. The van der Waals surface area contributed by atoms with Crippen molar-refractivity contribution in [1.82, 2.24) is 5.32 Å². The second kappa shape index (κ2) is 6.96. The first-order valence-electron chi connectivity index (χ1n) is 7.76. The molecule has 24 heavy (non-hydrogen) atoms. The maximum atomic E-state index is 12.2. The van der Waals surface area contributed by atoms with Crippen LogP contribution in [0, 0.1) is 0 Å². The quantitative estimate of drug-likeness (QED) is 0.759. The lowest BCUT2D eigenvalue weighted by molar-refractivity contribution is -0.119. The van der Waals surface area contributed by atoms with E-state index in [2.05, 4.69) is 5.32 Å². The number of amides is 2. The van der Waals surface area contributed by atoms with Crippen molar-refractivity contribution >= 4 is 22.6 Å². The summed E-state index contributed by atoms with van der Waals surface area (Å²) in [5.41, 5.74) is 6.92. The monoisotopic (exact) mass is 318 g/mol. The number of hydrogen-bond acceptors (Lipinski definition) is 2. The zero-order chi connectivity index (χ0) is 16.9. The number of fused-ring (bicyclic) bond motifs is 1. The van der Waals surface area contributed by atoms with Gasteiger partial charge in [-0.3, -0.25) is 9.59 Å². The molecule has 2 amide bonds. The Morgan fingerprint density at radius 1 is 0.875 bits per heavy atom. The molecule has 0 heterocycles. The van der Waals surface area contributed by atoms with Gasteiger partial charge in [-0.25, -0.2) is 0 Å². The Bertz CT molecular complexity index is 875. The van der Waals surface area contributed by atoms with Crippen LogP contribution >= 0.6 is 0 Å². The number of rotatable bonds is 5. The van der Waals surface area contributed by atoms with E-state index < -0.39 is 11.9 Å². The number of carbonyl (C=O) groups excluding carboxylic acids is 2. The van der Waals surface area contributed by atoms with Crippen LogP contribution in [0.1, 0.15) is 15.9 Å². The summed E-state index contributed by atoms with van der Waals surface area (Å²) < 4.78 is 0. The van der Waals surface area contributed by atoms with E-state index in [1.165, 1.54) is 0 Å². The van der Waals surface area contributed by atoms with E-state index in [-0.39, 0.29) is 5.91 Å². The lowest BCUT2D eigenvalue weighted by Gasteiger charge is -2.16. The van der Waals surface area contributed by atoms with E-state index in [0.717, 1.165) is 16.3 Å². The van der Waals surface area contributed by atoms with Gasteiger partial charge in [0.05, 0.1) is 0 Å². The fourth-order valence-corrected chi connectivity index (χ4v) is 2.66. The third kappa shape index (κ3) is 3.60. The van der Waals surface area contributed by atoms with Gasteiger partial charge in [0.25, 0.3) is 5.91 Å². The SMILES string of the molecule is NC(=O)[C@H](Cc1ccc2ccccc2c1)NC(=O)c1ccccc1. The minimum absolute atomic E-state index is 0.305. The van der Waals surface area contributed by atoms with Crippen LogP contribution < -0.4 is 11.1 Å². The molecule has 1 atom stereocenters. The highest BCUT2D eigenvalue weighted by Gasteiger charge is 2.19. The lowest BCUT2D eigenvalue weighted by Crippen LogP contribution is -2.45. The molecule has 3 aromatic rings. The average Bonchev–Trinajstić information content (AvgIpc) is 2.61. The number of hydrogen-bond donors (Lipinski definition) is 2. The summed E-state index contributed by atoms with van der Waals surface area (Å²) in [5, 5.41) is 4.94. The number of nitrogens with two attached hydrogens (primary N) is 1. The van der Waals surface area contributed by atoms with E-state index in [9.17, 15) is 9.59 Å². The predicted molar refractivity (Wildman–Crippen MR) is 94.5 cm³/mol. The highest BCUT2D eigenvalue weighted by Crippen LogP contribution is 2.16. The molecule has 4 heteroatoms. The van der Waals surface area contributed by atoms with Gasteiger partial charge in [0.15, 0.2) is 0 Å². The van der Waals surface area contributed by atoms with Gasteiger partial charge in [0.1, 0.15) is 6.04 Å². The van der Waals surface area contributed by atoms with Gasteiger partial charge in [0.2, 0.25) is 5.91 Å². The van der Waals surface area contributed by atoms with Crippen molar-refractivity contribution in [3.05, 3.63) is 83.9 Å². The first-order chi connectivity index (χ1) is 11.6. The van der Waals surface area contributed by atoms with E-state index in [1.54, 1.807) is 24.3 Å². The molecule has 0 bridgehead atoms. The second-order valence-electron chi connectivity index (χ2n) is 5.68. The molecule has 0 aromatic heterocycles. The summed E-state index contributed by atoms with van der Waals surface area (Å²) in [7, 11) is 0. The van der Waals surface area contributed by atoms with E-state index in [4.69, 9.17) is 5.73 Å². The molecule has 3 aromatic carbocycles. The van der Waals surface area contributed by atoms with Crippen molar-refractivity contribution in [2.75, 3.05) is 0 Å². The molecule has 0 spiro atoms. The Hall–Kier alpha value is -3.14. The van der Waals surface area contributed by atoms with Crippen LogP contribution in [0.25, 0.3) is 10.8 Å². The average molecular weight is 318 g/mol. The van der Waals surface area contributed by atoms with Crippen molar-refractivity contribution in [3.63, 3.8) is 0 Å². The molecule has 0 aliphatic rings. The van der Waals surface area contributed by atoms with Gasteiger partial charge >= 0.3 is 0 Å². The fraction of sp³-hybridized carbons (Fsp3) is 0.100. The minimum atomic E-state index is -0.751. The number of nitrogens with one attached hydrogen (secondary N) is 1. The van der Waals surface area contributed by atoms with Gasteiger partial charge in [-0.1, -0.05) is 60.7 Å². The van der Waals surface area contributed by atoms with E-state index in [1.807, 2.05) is 48.5 Å². The fourth-order valence-electron chi connectivity index (χ4n) is 2.66. The highest BCUT2D eigenvalue weighted by atomic mass is 16.2. The van der Waals surface area contributed by atoms with Crippen LogP contribution in [0.4, 0.5) is 0 Å². The van der Waals surface area contributed by atoms with Crippen LogP contribution in [-0.2, 0) is 11.2 Å². The molecule has 0 aliphatic heterocycles. The van der Waals surface area contributed by atoms with Crippen LogP contribution in [0.3, 0.4) is 0 Å². The van der Waals surface area contributed by atoms with Gasteiger partial charge in [0, 0.05) is 12.0 Å². The molecule has 0 unspecified atom stereocenters. The van der Waals surface area contributed by atoms with Gasteiger partial charge in [-0.15, -0.1) is 0 Å². The van der Waals surface area contributed by atoms with E-state index >= 15 is 0 Å². The largest absolute Gasteiger partial charge is 0.368 e. The van der Waals surface area contributed by atoms with Crippen molar-refractivity contribution in [1.29, 1.82) is 0 Å². The highest BCUT2D eigenvalue weighted by molar-refractivity contribution is 5.97. The molecule has 120 valence electrons. The second-order valence-corrected chi connectivity index (χ2v) is 5.68. The smallest absolute Gasteiger partial charge is 0.251 e. The summed E-state index contributed by atoms with van der Waals surface area (Å²) in [6, 6.07) is 22.0. The predicted octanol–water partition coefficient (Wildman–Crippen LogP) is 2.67. The summed E-state index contributed by atoms with van der Waals surface area (Å²) in [4.78, 5) is 24.0. The Labute approximate surface area is 140 Å². The molecule has 4 nitrogen and oxygen atoms in total. The molecule has 3 N–H and O–H groups in total. The maximum Gasteiger partial charge on any atom is 0.251 e. The molecule has 0 saturated heterocycles. The summed E-state index contributed by atoms with van der Waals surface area (Å²) in [5.74, 6) is -0.854. The summed E-state index contributed by atoms with van der Waals surface area (Å²) >= 11 is 0. The van der Waals surface area contributed by atoms with Crippen LogP contribution in [0.5, 0.6) is 0 Å². The molecule has 0 saturated carbocycles. The van der Waals surface area contributed by atoms with E-state index in [0.29, 0.717) is 12.0 Å². The Morgan fingerprint density at radius 3 is 2.25 bits per heavy atom. The first kappa shape index (κ1) is 15.7. The van der Waals surface area contributed by atoms with Crippen LogP contribution in [-0.4, -0.2) is 17.9 Å².